The van der Waals surface area contributed by atoms with Crippen molar-refractivity contribution in [3.8, 4) is 22.7 Å². The Kier molecular flexibility index (Phi) is 4.05. The summed E-state index contributed by atoms with van der Waals surface area (Å²) in [5.74, 6) is 0.0561. The van der Waals surface area contributed by atoms with Crippen molar-refractivity contribution < 1.29 is 9.53 Å². The van der Waals surface area contributed by atoms with Gasteiger partial charge in [-0.25, -0.2) is 4.68 Å². The molecule has 6 nitrogen and oxygen atoms in total. The van der Waals surface area contributed by atoms with E-state index in [1.165, 1.54) is 0 Å². The molecule has 116 valence electrons. The minimum absolute atomic E-state index is 0.506. The summed E-state index contributed by atoms with van der Waals surface area (Å²) in [5, 5.41) is 4.54. The molecule has 0 unspecified atom stereocenters. The summed E-state index contributed by atoms with van der Waals surface area (Å²) in [4.78, 5) is 15.2. The first kappa shape index (κ1) is 14.8. The summed E-state index contributed by atoms with van der Waals surface area (Å²) in [6.07, 6.45) is 4.66. The lowest BCUT2D eigenvalue weighted by Crippen LogP contribution is -2.30. The van der Waals surface area contributed by atoms with Gasteiger partial charge in [0.25, 0.3) is 5.91 Å². The second-order valence-electron chi connectivity index (χ2n) is 5.05. The second kappa shape index (κ2) is 6.31. The van der Waals surface area contributed by atoms with Crippen LogP contribution in [-0.4, -0.2) is 26.8 Å². The van der Waals surface area contributed by atoms with Crippen molar-refractivity contribution in [1.82, 2.24) is 14.8 Å². The number of primary amides is 1. The van der Waals surface area contributed by atoms with Crippen molar-refractivity contribution in [2.75, 3.05) is 0 Å². The van der Waals surface area contributed by atoms with Gasteiger partial charge >= 0.3 is 0 Å². The van der Waals surface area contributed by atoms with Gasteiger partial charge in [0.1, 0.15) is 5.75 Å². The number of carbonyl (C=O) groups is 1. The van der Waals surface area contributed by atoms with Crippen LogP contribution in [0.25, 0.3) is 16.9 Å². The zero-order valence-electron chi connectivity index (χ0n) is 12.6. The highest BCUT2D eigenvalue weighted by Crippen LogP contribution is 2.20. The molecule has 0 saturated heterocycles. The predicted molar refractivity (Wildman–Crippen MR) is 86.1 cm³/mol. The largest absolute Gasteiger partial charge is 0.481 e. The van der Waals surface area contributed by atoms with Crippen LogP contribution < -0.4 is 10.5 Å². The lowest BCUT2D eigenvalue weighted by Gasteiger charge is -2.12. The molecule has 1 amide bonds. The van der Waals surface area contributed by atoms with Gasteiger partial charge in [-0.3, -0.25) is 9.78 Å². The number of pyridine rings is 1. The molecule has 0 aliphatic carbocycles. The summed E-state index contributed by atoms with van der Waals surface area (Å²) in [6, 6.07) is 13.1. The standard InChI is InChI=1S/C17H16N4O2/c1-12(17(18)22)23-15-6-2-5-14(10-15)21-9-7-16(20-21)13-4-3-8-19-11-13/h2-12H,1H3,(H2,18,22)/t12-/m1/s1. The zero-order valence-corrected chi connectivity index (χ0v) is 12.6. The van der Waals surface area contributed by atoms with E-state index >= 15 is 0 Å². The van der Waals surface area contributed by atoms with Gasteiger partial charge in [-0.15, -0.1) is 0 Å². The Labute approximate surface area is 133 Å². The van der Waals surface area contributed by atoms with Crippen molar-refractivity contribution in [1.29, 1.82) is 0 Å². The Morgan fingerprint density at radius 2 is 2.13 bits per heavy atom. The fourth-order valence-corrected chi connectivity index (χ4v) is 2.10. The van der Waals surface area contributed by atoms with E-state index in [1.807, 2.05) is 36.5 Å². The van der Waals surface area contributed by atoms with E-state index in [1.54, 1.807) is 36.1 Å². The number of ether oxygens (including phenoxy) is 1. The van der Waals surface area contributed by atoms with Crippen LogP contribution in [0.5, 0.6) is 5.75 Å². The van der Waals surface area contributed by atoms with Crippen LogP contribution in [0.15, 0.2) is 61.1 Å². The molecule has 0 aliphatic rings. The Morgan fingerprint density at radius 3 is 2.87 bits per heavy atom. The smallest absolute Gasteiger partial charge is 0.258 e. The third-order valence-electron chi connectivity index (χ3n) is 3.34. The first-order valence-corrected chi connectivity index (χ1v) is 7.16. The summed E-state index contributed by atoms with van der Waals surface area (Å²) in [6.45, 7) is 1.61. The molecule has 0 radical (unpaired) electrons. The molecule has 0 spiro atoms. The van der Waals surface area contributed by atoms with Gasteiger partial charge in [0.15, 0.2) is 6.10 Å². The van der Waals surface area contributed by atoms with Gasteiger partial charge in [-0.05, 0) is 37.3 Å². The van der Waals surface area contributed by atoms with Gasteiger partial charge in [0.2, 0.25) is 0 Å². The maximum Gasteiger partial charge on any atom is 0.258 e. The zero-order chi connectivity index (χ0) is 16.2. The van der Waals surface area contributed by atoms with Crippen molar-refractivity contribution in [2.45, 2.75) is 13.0 Å². The molecule has 3 rings (SSSR count). The topological polar surface area (TPSA) is 83.0 Å². The molecule has 0 aliphatic heterocycles. The van der Waals surface area contributed by atoms with Crippen molar-refractivity contribution >= 4 is 5.91 Å². The highest BCUT2D eigenvalue weighted by molar-refractivity contribution is 5.78. The van der Waals surface area contributed by atoms with Crippen LogP contribution in [-0.2, 0) is 4.79 Å². The SMILES string of the molecule is C[C@@H](Oc1cccc(-n2ccc(-c3cccnc3)n2)c1)C(N)=O. The Morgan fingerprint density at radius 1 is 1.26 bits per heavy atom. The van der Waals surface area contributed by atoms with Gasteiger partial charge in [0.05, 0.1) is 11.4 Å². The number of benzene rings is 1. The van der Waals surface area contributed by atoms with E-state index in [-0.39, 0.29) is 0 Å². The molecule has 6 heteroatoms. The second-order valence-corrected chi connectivity index (χ2v) is 5.05. The molecule has 1 aromatic carbocycles. The molecule has 2 N–H and O–H groups in total. The van der Waals surface area contributed by atoms with Crippen molar-refractivity contribution in [3.63, 3.8) is 0 Å². The molecular formula is C17H16N4O2. The molecule has 2 heterocycles. The number of nitrogens with two attached hydrogens (primary N) is 1. The normalized spacial score (nSPS) is 11.9. The highest BCUT2D eigenvalue weighted by atomic mass is 16.5. The summed E-state index contributed by atoms with van der Waals surface area (Å²) in [5.41, 5.74) is 7.82. The van der Waals surface area contributed by atoms with Gasteiger partial charge in [-0.2, -0.15) is 5.10 Å². The van der Waals surface area contributed by atoms with E-state index in [0.717, 1.165) is 16.9 Å². The Hall–Kier alpha value is -3.15. The number of amides is 1. The van der Waals surface area contributed by atoms with Gasteiger partial charge < -0.3 is 10.5 Å². The lowest BCUT2D eigenvalue weighted by molar-refractivity contribution is -0.123. The van der Waals surface area contributed by atoms with Crippen LogP contribution in [0, 0.1) is 0 Å². The summed E-state index contributed by atoms with van der Waals surface area (Å²) in [7, 11) is 0. The van der Waals surface area contributed by atoms with E-state index in [2.05, 4.69) is 10.1 Å². The average Bonchev–Trinajstić information content (AvgIpc) is 3.06. The number of carbonyl (C=O) groups excluding carboxylic acids is 1. The van der Waals surface area contributed by atoms with Crippen LogP contribution in [0.3, 0.4) is 0 Å². The number of hydrogen-bond donors (Lipinski definition) is 1. The first-order chi connectivity index (χ1) is 11.1. The average molecular weight is 308 g/mol. The third kappa shape index (κ3) is 3.37. The molecule has 2 aromatic heterocycles. The van der Waals surface area contributed by atoms with Crippen molar-refractivity contribution in [2.24, 2.45) is 5.73 Å². The molecular weight excluding hydrogens is 292 g/mol. The molecule has 23 heavy (non-hydrogen) atoms. The minimum atomic E-state index is -0.686. The third-order valence-corrected chi connectivity index (χ3v) is 3.34. The van der Waals surface area contributed by atoms with E-state index in [9.17, 15) is 4.79 Å². The van der Waals surface area contributed by atoms with Crippen LogP contribution >= 0.6 is 0 Å². The van der Waals surface area contributed by atoms with Crippen LogP contribution in [0.2, 0.25) is 0 Å². The number of aromatic nitrogens is 3. The monoisotopic (exact) mass is 308 g/mol. The van der Waals surface area contributed by atoms with Crippen molar-refractivity contribution in [3.05, 3.63) is 61.1 Å². The number of hydrogen-bond acceptors (Lipinski definition) is 4. The van der Waals surface area contributed by atoms with Gasteiger partial charge in [-0.1, -0.05) is 6.07 Å². The molecule has 1 atom stereocenters. The number of nitrogens with zero attached hydrogens (tertiary/aromatic N) is 3. The quantitative estimate of drug-likeness (QED) is 0.783. The van der Waals surface area contributed by atoms with Gasteiger partial charge in [0, 0.05) is 30.2 Å². The Bertz CT molecular complexity index is 814. The summed E-state index contributed by atoms with van der Waals surface area (Å²) >= 11 is 0. The first-order valence-electron chi connectivity index (χ1n) is 7.16. The highest BCUT2D eigenvalue weighted by Gasteiger charge is 2.11. The number of rotatable bonds is 5. The fourth-order valence-electron chi connectivity index (χ4n) is 2.10. The van der Waals surface area contributed by atoms with E-state index < -0.39 is 12.0 Å². The van der Waals surface area contributed by atoms with E-state index in [0.29, 0.717) is 5.75 Å². The maximum atomic E-state index is 11.1. The lowest BCUT2D eigenvalue weighted by atomic mass is 10.2. The van der Waals surface area contributed by atoms with Crippen LogP contribution in [0.4, 0.5) is 0 Å². The van der Waals surface area contributed by atoms with E-state index in [4.69, 9.17) is 10.5 Å². The summed E-state index contributed by atoms with van der Waals surface area (Å²) < 4.78 is 7.24. The minimum Gasteiger partial charge on any atom is -0.481 e. The predicted octanol–water partition coefficient (Wildman–Crippen LogP) is 2.19. The molecule has 3 aromatic rings. The Balaban J connectivity index is 1.85. The molecule has 0 bridgehead atoms. The maximum absolute atomic E-state index is 11.1. The molecule has 0 saturated carbocycles. The van der Waals surface area contributed by atoms with Crippen LogP contribution in [0.1, 0.15) is 6.92 Å². The molecule has 0 fully saturated rings. The fraction of sp³-hybridized carbons (Fsp3) is 0.118.